The van der Waals surface area contributed by atoms with Crippen molar-refractivity contribution in [3.05, 3.63) is 84.1 Å². The zero-order chi connectivity index (χ0) is 25.5. The van der Waals surface area contributed by atoms with Gasteiger partial charge in [-0.05, 0) is 35.9 Å². The monoisotopic (exact) mass is 505 g/mol. The summed E-state index contributed by atoms with van der Waals surface area (Å²) in [5.74, 6) is 4.17. The number of para-hydroxylation sites is 1. The van der Waals surface area contributed by atoms with Gasteiger partial charge in [-0.3, -0.25) is 9.59 Å². The van der Waals surface area contributed by atoms with Crippen LogP contribution in [-0.2, 0) is 32.5 Å². The van der Waals surface area contributed by atoms with Gasteiger partial charge in [-0.1, -0.05) is 30.0 Å². The lowest BCUT2D eigenvalue weighted by Crippen LogP contribution is -2.42. The van der Waals surface area contributed by atoms with Crippen LogP contribution in [0.5, 0.6) is 0 Å². The predicted molar refractivity (Wildman–Crippen MR) is 132 cm³/mol. The molecule has 1 atom stereocenters. The third-order valence-corrected chi connectivity index (χ3v) is 6.86. The van der Waals surface area contributed by atoms with Gasteiger partial charge in [0, 0.05) is 41.0 Å². The topological polar surface area (TPSA) is 157 Å². The molecule has 0 aliphatic rings. The van der Waals surface area contributed by atoms with Crippen molar-refractivity contribution >= 4 is 32.8 Å². The number of amides is 1. The first-order chi connectivity index (χ1) is 17.3. The Bertz CT molecular complexity index is 1530. The zero-order valence-corrected chi connectivity index (χ0v) is 19.8. The average Bonchev–Trinajstić information content (AvgIpc) is 3.52. The second-order valence-electron chi connectivity index (χ2n) is 7.93. The number of benzene rings is 2. The summed E-state index contributed by atoms with van der Waals surface area (Å²) >= 11 is 0. The summed E-state index contributed by atoms with van der Waals surface area (Å²) in [6.07, 6.45) is 4.89. The predicted octanol–water partition coefficient (Wildman–Crippen LogP) is 1.58. The van der Waals surface area contributed by atoms with E-state index in [-0.39, 0.29) is 30.2 Å². The van der Waals surface area contributed by atoms with E-state index in [4.69, 9.17) is 0 Å². The number of aromatic amines is 2. The van der Waals surface area contributed by atoms with Crippen molar-refractivity contribution < 1.29 is 23.1 Å². The molecule has 184 valence electrons. The number of aromatic nitrogens is 3. The molecule has 0 aliphatic heterocycles. The molecule has 0 bridgehead atoms. The van der Waals surface area contributed by atoms with Crippen molar-refractivity contribution in [1.82, 2.24) is 25.0 Å². The highest BCUT2D eigenvalue weighted by molar-refractivity contribution is 7.89. The highest BCUT2D eigenvalue weighted by Gasteiger charge is 2.26. The Morgan fingerprint density at radius 3 is 2.58 bits per heavy atom. The van der Waals surface area contributed by atoms with Gasteiger partial charge in [0.25, 0.3) is 0 Å². The molecule has 1 amide bonds. The van der Waals surface area contributed by atoms with Gasteiger partial charge in [0.2, 0.25) is 15.9 Å². The quantitative estimate of drug-likeness (QED) is 0.217. The number of sulfonamides is 1. The number of hydrogen-bond acceptors (Lipinski definition) is 5. The smallest absolute Gasteiger partial charge is 0.322 e. The number of nitrogens with zero attached hydrogens (tertiary/aromatic N) is 1. The third kappa shape index (κ3) is 6.18. The van der Waals surface area contributed by atoms with Crippen LogP contribution in [0.1, 0.15) is 16.8 Å². The van der Waals surface area contributed by atoms with E-state index in [9.17, 15) is 23.1 Å². The third-order valence-electron chi connectivity index (χ3n) is 5.37. The van der Waals surface area contributed by atoms with Gasteiger partial charge < -0.3 is 20.4 Å². The molecule has 0 radical (unpaired) electrons. The summed E-state index contributed by atoms with van der Waals surface area (Å²) < 4.78 is 28.0. The summed E-state index contributed by atoms with van der Waals surface area (Å²) in [6, 6.07) is 11.8. The number of aliphatic carboxylic acids is 1. The van der Waals surface area contributed by atoms with E-state index in [0.29, 0.717) is 16.8 Å². The molecule has 2 heterocycles. The molecule has 0 aliphatic carbocycles. The Balaban J connectivity index is 1.37. The second kappa shape index (κ2) is 10.9. The molecule has 4 rings (SSSR count). The van der Waals surface area contributed by atoms with E-state index >= 15 is 0 Å². The largest absolute Gasteiger partial charge is 0.480 e. The molecule has 36 heavy (non-hydrogen) atoms. The van der Waals surface area contributed by atoms with Gasteiger partial charge in [-0.25, -0.2) is 13.4 Å². The Hall–Kier alpha value is -4.40. The number of carbonyl (C=O) groups excluding carboxylic acids is 1. The summed E-state index contributed by atoms with van der Waals surface area (Å²) in [6.45, 7) is 0.128. The van der Waals surface area contributed by atoms with Crippen molar-refractivity contribution in [1.29, 1.82) is 0 Å². The van der Waals surface area contributed by atoms with Gasteiger partial charge in [0.15, 0.2) is 0 Å². The molecule has 5 N–H and O–H groups in total. The summed E-state index contributed by atoms with van der Waals surface area (Å²) in [7, 11) is -4.09. The Morgan fingerprint density at radius 1 is 1.08 bits per heavy atom. The molecule has 0 spiro atoms. The van der Waals surface area contributed by atoms with Gasteiger partial charge in [-0.15, -0.1) is 0 Å². The van der Waals surface area contributed by atoms with Gasteiger partial charge in [-0.2, -0.15) is 4.72 Å². The molecule has 0 unspecified atom stereocenters. The maximum atomic E-state index is 12.8. The van der Waals surface area contributed by atoms with Crippen LogP contribution in [0.4, 0.5) is 0 Å². The highest BCUT2D eigenvalue weighted by Crippen LogP contribution is 2.20. The van der Waals surface area contributed by atoms with Crippen molar-refractivity contribution in [2.45, 2.75) is 23.8 Å². The fourth-order valence-electron chi connectivity index (χ4n) is 3.58. The molecular formula is C25H23N5O5S. The maximum absolute atomic E-state index is 12.8. The van der Waals surface area contributed by atoms with Gasteiger partial charge in [0.05, 0.1) is 24.2 Å². The second-order valence-corrected chi connectivity index (χ2v) is 9.65. The molecule has 11 heteroatoms. The first-order valence-electron chi connectivity index (χ1n) is 10.9. The number of imidazole rings is 1. The Morgan fingerprint density at radius 2 is 1.86 bits per heavy atom. The number of nitrogens with one attached hydrogen (secondary N) is 4. The number of carboxylic acids is 1. The standard InChI is InChI=1S/C25H23N5O5S/c31-24(13-19-15-26-16-29-19)27-11-3-4-17-7-9-20(10-8-17)36(34,35)30-23(25(32)33)12-18-14-28-22-6-2-1-5-21(18)22/h1-2,5-10,14-16,23,28,30H,11-13H2,(H,26,29)(H,27,31)(H,32,33)/t23-/m1/s1. The van der Waals surface area contributed by atoms with Crippen LogP contribution in [-0.4, -0.2) is 52.9 Å². The van der Waals surface area contributed by atoms with Crippen molar-refractivity contribution in [2.24, 2.45) is 0 Å². The van der Waals surface area contributed by atoms with Crippen LogP contribution in [0.15, 0.2) is 72.1 Å². The molecule has 2 aromatic heterocycles. The van der Waals surface area contributed by atoms with Crippen LogP contribution in [0.3, 0.4) is 0 Å². The number of fused-ring (bicyclic) bond motifs is 1. The molecule has 0 saturated carbocycles. The van der Waals surface area contributed by atoms with E-state index in [0.717, 1.165) is 10.9 Å². The zero-order valence-electron chi connectivity index (χ0n) is 19.0. The normalized spacial score (nSPS) is 12.0. The van der Waals surface area contributed by atoms with Crippen LogP contribution in [0, 0.1) is 11.8 Å². The molecule has 2 aromatic carbocycles. The van der Waals surface area contributed by atoms with E-state index in [2.05, 4.69) is 36.8 Å². The first-order valence-corrected chi connectivity index (χ1v) is 12.4. The lowest BCUT2D eigenvalue weighted by molar-refractivity contribution is -0.138. The average molecular weight is 506 g/mol. The van der Waals surface area contributed by atoms with Crippen molar-refractivity contribution in [3.8, 4) is 11.8 Å². The number of carbonyl (C=O) groups is 2. The summed E-state index contributed by atoms with van der Waals surface area (Å²) in [5, 5.41) is 13.1. The molecule has 10 nitrogen and oxygen atoms in total. The number of carboxylic acid groups (broad SMARTS) is 1. The number of rotatable bonds is 9. The molecule has 0 saturated heterocycles. The van der Waals surface area contributed by atoms with Crippen LogP contribution >= 0.6 is 0 Å². The fourth-order valence-corrected chi connectivity index (χ4v) is 4.77. The van der Waals surface area contributed by atoms with E-state index in [1.807, 2.05) is 24.3 Å². The van der Waals surface area contributed by atoms with Crippen molar-refractivity contribution in [2.75, 3.05) is 6.54 Å². The SMILES string of the molecule is O=C(Cc1cnc[nH]1)NCC#Cc1ccc(S(=O)(=O)N[C@H](Cc2c[nH]c3ccccc23)C(=O)O)cc1. The summed E-state index contributed by atoms with van der Waals surface area (Å²) in [4.78, 5) is 33.3. The van der Waals surface area contributed by atoms with Crippen LogP contribution in [0.25, 0.3) is 10.9 Å². The minimum absolute atomic E-state index is 0.0196. The van der Waals surface area contributed by atoms with E-state index < -0.39 is 22.0 Å². The van der Waals surface area contributed by atoms with Crippen molar-refractivity contribution in [3.63, 3.8) is 0 Å². The van der Waals surface area contributed by atoms with Crippen LogP contribution < -0.4 is 10.0 Å². The maximum Gasteiger partial charge on any atom is 0.322 e. The Labute approximate surface area is 207 Å². The van der Waals surface area contributed by atoms with Gasteiger partial charge >= 0.3 is 5.97 Å². The lowest BCUT2D eigenvalue weighted by atomic mass is 10.1. The molecule has 0 fully saturated rings. The lowest BCUT2D eigenvalue weighted by Gasteiger charge is -2.14. The highest BCUT2D eigenvalue weighted by atomic mass is 32.2. The number of H-pyrrole nitrogens is 2. The Kier molecular flexibility index (Phi) is 7.48. The number of hydrogen-bond donors (Lipinski definition) is 5. The fraction of sp³-hybridized carbons (Fsp3) is 0.160. The van der Waals surface area contributed by atoms with E-state index in [1.54, 1.807) is 12.4 Å². The van der Waals surface area contributed by atoms with Crippen LogP contribution in [0.2, 0.25) is 0 Å². The minimum atomic E-state index is -4.09. The van der Waals surface area contributed by atoms with E-state index in [1.165, 1.54) is 30.6 Å². The molecular weight excluding hydrogens is 482 g/mol. The summed E-state index contributed by atoms with van der Waals surface area (Å²) in [5.41, 5.74) is 2.78. The minimum Gasteiger partial charge on any atom is -0.480 e. The van der Waals surface area contributed by atoms with Gasteiger partial charge in [0.1, 0.15) is 6.04 Å². The first kappa shape index (κ1) is 24.7. The molecule has 4 aromatic rings.